The first-order valence-electron chi connectivity index (χ1n) is 8.19. The molecule has 0 radical (unpaired) electrons. The average Bonchev–Trinajstić information content (AvgIpc) is 2.50. The van der Waals surface area contributed by atoms with Crippen LogP contribution in [-0.2, 0) is 0 Å². The maximum Gasteiger partial charge on any atom is 0.142 e. The summed E-state index contributed by atoms with van der Waals surface area (Å²) in [5.41, 5.74) is 3.33. The zero-order valence-corrected chi connectivity index (χ0v) is 14.7. The molecule has 0 saturated heterocycles. The van der Waals surface area contributed by atoms with Crippen molar-refractivity contribution in [2.45, 2.75) is 46.8 Å². The van der Waals surface area contributed by atoms with Crippen LogP contribution in [0.25, 0.3) is 0 Å². The largest absolute Gasteiger partial charge is 0.489 e. The van der Waals surface area contributed by atoms with Crippen molar-refractivity contribution in [2.75, 3.05) is 11.9 Å². The second-order valence-corrected chi connectivity index (χ2v) is 6.19. The van der Waals surface area contributed by atoms with Gasteiger partial charge in [-0.15, -0.1) is 0 Å². The Bertz CT molecular complexity index is 617. The van der Waals surface area contributed by atoms with Crippen LogP contribution >= 0.6 is 0 Å². The topological polar surface area (TPSA) is 30.5 Å². The molecule has 0 aromatic heterocycles. The van der Waals surface area contributed by atoms with E-state index in [0.717, 1.165) is 17.2 Å². The molecular weight excluding hydrogens is 286 g/mol. The Labute approximate surface area is 139 Å². The van der Waals surface area contributed by atoms with Crippen molar-refractivity contribution < 1.29 is 9.47 Å². The summed E-state index contributed by atoms with van der Waals surface area (Å²) in [7, 11) is 0. The lowest BCUT2D eigenvalue weighted by Crippen LogP contribution is -2.23. The highest BCUT2D eigenvalue weighted by Crippen LogP contribution is 2.26. The van der Waals surface area contributed by atoms with Crippen LogP contribution in [0, 0.1) is 13.8 Å². The average molecular weight is 313 g/mol. The number of ether oxygens (including phenoxy) is 2. The Kier molecular flexibility index (Phi) is 5.91. The summed E-state index contributed by atoms with van der Waals surface area (Å²) in [6.45, 7) is 11.0. The van der Waals surface area contributed by atoms with Crippen LogP contribution in [0.1, 0.15) is 31.9 Å². The number of anilines is 1. The summed E-state index contributed by atoms with van der Waals surface area (Å²) in [6.07, 6.45) is 0.211. The first kappa shape index (κ1) is 17.2. The molecule has 23 heavy (non-hydrogen) atoms. The minimum atomic E-state index is 0.0573. The highest BCUT2D eigenvalue weighted by Gasteiger charge is 2.10. The lowest BCUT2D eigenvalue weighted by molar-refractivity contribution is 0.230. The Hall–Kier alpha value is -2.16. The van der Waals surface area contributed by atoms with Crippen molar-refractivity contribution >= 4 is 5.69 Å². The molecule has 2 aromatic carbocycles. The quantitative estimate of drug-likeness (QED) is 0.783. The fourth-order valence-electron chi connectivity index (χ4n) is 2.45. The Morgan fingerprint density at radius 3 is 2.17 bits per heavy atom. The fraction of sp³-hybridized carbons (Fsp3) is 0.400. The van der Waals surface area contributed by atoms with E-state index in [1.165, 1.54) is 11.1 Å². The lowest BCUT2D eigenvalue weighted by Gasteiger charge is -2.20. The van der Waals surface area contributed by atoms with Crippen molar-refractivity contribution in [3.05, 3.63) is 53.6 Å². The number of hydrogen-bond donors (Lipinski definition) is 1. The second kappa shape index (κ2) is 7.91. The molecule has 0 fully saturated rings. The standard InChI is InChI=1S/C20H27NO2/c1-14(2)22-19-12-7-6-11-18(19)21-13-17(5)23-20-15(3)9-8-10-16(20)4/h6-12,14,17,21H,13H2,1-5H3/t17-/m0/s1. The molecule has 3 heteroatoms. The minimum absolute atomic E-state index is 0.0573. The van der Waals surface area contributed by atoms with Gasteiger partial charge in [0.25, 0.3) is 0 Å². The van der Waals surface area contributed by atoms with Crippen LogP contribution < -0.4 is 14.8 Å². The van der Waals surface area contributed by atoms with E-state index in [9.17, 15) is 0 Å². The van der Waals surface area contributed by atoms with Gasteiger partial charge in [-0.25, -0.2) is 0 Å². The maximum atomic E-state index is 6.12. The SMILES string of the molecule is Cc1cccc(C)c1O[C@@H](C)CNc1ccccc1OC(C)C. The first-order chi connectivity index (χ1) is 11.0. The third-order valence-electron chi connectivity index (χ3n) is 3.56. The van der Waals surface area contributed by atoms with E-state index in [1.807, 2.05) is 38.1 Å². The molecule has 0 spiro atoms. The second-order valence-electron chi connectivity index (χ2n) is 6.19. The molecule has 2 aromatic rings. The van der Waals surface area contributed by atoms with Gasteiger partial charge in [0.1, 0.15) is 17.6 Å². The zero-order chi connectivity index (χ0) is 16.8. The highest BCUT2D eigenvalue weighted by atomic mass is 16.5. The molecule has 0 heterocycles. The van der Waals surface area contributed by atoms with Crippen molar-refractivity contribution in [3.63, 3.8) is 0 Å². The van der Waals surface area contributed by atoms with Crippen molar-refractivity contribution in [1.29, 1.82) is 0 Å². The van der Waals surface area contributed by atoms with E-state index in [1.54, 1.807) is 0 Å². The van der Waals surface area contributed by atoms with Gasteiger partial charge >= 0.3 is 0 Å². The fourth-order valence-corrected chi connectivity index (χ4v) is 2.45. The molecule has 0 saturated carbocycles. The predicted molar refractivity (Wildman–Crippen MR) is 96.7 cm³/mol. The molecule has 1 N–H and O–H groups in total. The molecule has 0 amide bonds. The van der Waals surface area contributed by atoms with Gasteiger partial charge in [-0.3, -0.25) is 0 Å². The summed E-state index contributed by atoms with van der Waals surface area (Å²) >= 11 is 0. The van der Waals surface area contributed by atoms with Crippen LogP contribution in [-0.4, -0.2) is 18.8 Å². The molecule has 1 atom stereocenters. The number of rotatable bonds is 7. The first-order valence-corrected chi connectivity index (χ1v) is 8.19. The third-order valence-corrected chi connectivity index (χ3v) is 3.56. The summed E-state index contributed by atoms with van der Waals surface area (Å²) in [5, 5.41) is 3.43. The molecular formula is C20H27NO2. The lowest BCUT2D eigenvalue weighted by atomic mass is 10.1. The van der Waals surface area contributed by atoms with E-state index in [-0.39, 0.29) is 12.2 Å². The van der Waals surface area contributed by atoms with Crippen LogP contribution in [0.4, 0.5) is 5.69 Å². The molecule has 2 rings (SSSR count). The Morgan fingerprint density at radius 1 is 0.870 bits per heavy atom. The van der Waals surface area contributed by atoms with Gasteiger partial charge < -0.3 is 14.8 Å². The molecule has 0 aliphatic rings. The normalized spacial score (nSPS) is 12.1. The molecule has 124 valence electrons. The summed E-state index contributed by atoms with van der Waals surface area (Å²) in [5.74, 6) is 1.86. The van der Waals surface area contributed by atoms with Gasteiger partial charge in [0, 0.05) is 0 Å². The van der Waals surface area contributed by atoms with Gasteiger partial charge in [0.05, 0.1) is 18.3 Å². The monoisotopic (exact) mass is 313 g/mol. The van der Waals surface area contributed by atoms with Crippen molar-refractivity contribution in [1.82, 2.24) is 0 Å². The van der Waals surface area contributed by atoms with E-state index in [2.05, 4.69) is 44.3 Å². The number of para-hydroxylation sites is 3. The molecule has 0 unspecified atom stereocenters. The molecule has 0 aliphatic carbocycles. The van der Waals surface area contributed by atoms with Gasteiger partial charge in [0.15, 0.2) is 0 Å². The summed E-state index contributed by atoms with van der Waals surface area (Å²) < 4.78 is 11.9. The van der Waals surface area contributed by atoms with Crippen molar-refractivity contribution in [2.24, 2.45) is 0 Å². The Morgan fingerprint density at radius 2 is 1.52 bits per heavy atom. The highest BCUT2D eigenvalue weighted by molar-refractivity contribution is 5.56. The van der Waals surface area contributed by atoms with Crippen LogP contribution in [0.2, 0.25) is 0 Å². The van der Waals surface area contributed by atoms with E-state index in [4.69, 9.17) is 9.47 Å². The number of nitrogens with one attached hydrogen (secondary N) is 1. The molecule has 3 nitrogen and oxygen atoms in total. The van der Waals surface area contributed by atoms with Gasteiger partial charge in [-0.2, -0.15) is 0 Å². The van der Waals surface area contributed by atoms with Crippen LogP contribution in [0.3, 0.4) is 0 Å². The number of benzene rings is 2. The van der Waals surface area contributed by atoms with Gasteiger partial charge in [-0.05, 0) is 57.9 Å². The zero-order valence-electron chi connectivity index (χ0n) is 14.7. The maximum absolute atomic E-state index is 6.12. The van der Waals surface area contributed by atoms with Crippen LogP contribution in [0.5, 0.6) is 11.5 Å². The Balaban J connectivity index is 1.98. The van der Waals surface area contributed by atoms with E-state index in [0.29, 0.717) is 6.54 Å². The van der Waals surface area contributed by atoms with Gasteiger partial charge in [0.2, 0.25) is 0 Å². The summed E-state index contributed by atoms with van der Waals surface area (Å²) in [6, 6.07) is 14.2. The smallest absolute Gasteiger partial charge is 0.142 e. The van der Waals surface area contributed by atoms with Gasteiger partial charge in [-0.1, -0.05) is 30.3 Å². The van der Waals surface area contributed by atoms with E-state index < -0.39 is 0 Å². The predicted octanol–water partition coefficient (Wildman–Crippen LogP) is 4.97. The molecule has 0 bridgehead atoms. The number of hydrogen-bond acceptors (Lipinski definition) is 3. The summed E-state index contributed by atoms with van der Waals surface area (Å²) in [4.78, 5) is 0. The minimum Gasteiger partial charge on any atom is -0.489 e. The number of aryl methyl sites for hydroxylation is 2. The van der Waals surface area contributed by atoms with Crippen molar-refractivity contribution in [3.8, 4) is 11.5 Å². The van der Waals surface area contributed by atoms with Crippen LogP contribution in [0.15, 0.2) is 42.5 Å². The molecule has 0 aliphatic heterocycles. The third kappa shape index (κ3) is 4.92. The van der Waals surface area contributed by atoms with E-state index >= 15 is 0 Å².